The summed E-state index contributed by atoms with van der Waals surface area (Å²) in [5, 5.41) is 42.4. The van der Waals surface area contributed by atoms with Crippen molar-refractivity contribution < 1.29 is 25.2 Å². The fourth-order valence-corrected chi connectivity index (χ4v) is 1.25. The van der Waals surface area contributed by atoms with Crippen LogP contribution in [0.15, 0.2) is 4.99 Å². The topological polar surface area (TPSA) is 182 Å². The smallest absolute Gasteiger partial charge is 0.215 e. The second-order valence-electron chi connectivity index (χ2n) is 4.35. The van der Waals surface area contributed by atoms with Crippen LogP contribution in [0.4, 0.5) is 0 Å². The molecule has 0 radical (unpaired) electrons. The molecule has 0 unspecified atom stereocenters. The Morgan fingerprint density at radius 1 is 1.30 bits per heavy atom. The number of aliphatic imine (C=N–C) groups is 1. The monoisotopic (exact) mass is 293 g/mol. The van der Waals surface area contributed by atoms with Crippen molar-refractivity contribution in [3.05, 3.63) is 0 Å². The lowest BCUT2D eigenvalue weighted by Crippen LogP contribution is -2.53. The van der Waals surface area contributed by atoms with E-state index in [0.29, 0.717) is 0 Å². The second kappa shape index (κ2) is 8.66. The molecule has 9 N–H and O–H groups in total. The van der Waals surface area contributed by atoms with E-state index in [1.807, 2.05) is 0 Å². The second-order valence-corrected chi connectivity index (χ2v) is 4.35. The van der Waals surface area contributed by atoms with E-state index in [2.05, 4.69) is 4.99 Å². The maximum atomic E-state index is 9.11. The van der Waals surface area contributed by atoms with Crippen LogP contribution in [0.5, 0.6) is 0 Å². The molecule has 1 saturated heterocycles. The highest BCUT2D eigenvalue weighted by Crippen LogP contribution is 2.14. The average Bonchev–Trinajstić information content (AvgIpc) is 2.36. The average molecular weight is 293 g/mol. The van der Waals surface area contributed by atoms with E-state index in [4.69, 9.17) is 42.0 Å². The first kappa shape index (κ1) is 18.5. The molecular weight excluding hydrogens is 270 g/mol. The van der Waals surface area contributed by atoms with Crippen molar-refractivity contribution in [1.29, 1.82) is 5.41 Å². The SMILES string of the molecule is CN(C)C(N)=NC(=N)N.OC[C@H]1OC[C@H](O)[C@@H](O)[C@@H]1O. The van der Waals surface area contributed by atoms with Crippen LogP contribution in [0, 0.1) is 5.41 Å². The number of nitrogens with zero attached hydrogens (tertiary/aromatic N) is 2. The van der Waals surface area contributed by atoms with E-state index >= 15 is 0 Å². The molecule has 0 aliphatic carbocycles. The number of hydrogen-bond acceptors (Lipinski definition) is 6. The summed E-state index contributed by atoms with van der Waals surface area (Å²) >= 11 is 0. The third-order valence-corrected chi connectivity index (χ3v) is 2.48. The maximum absolute atomic E-state index is 9.11. The zero-order chi connectivity index (χ0) is 15.9. The minimum Gasteiger partial charge on any atom is -0.394 e. The third kappa shape index (κ3) is 6.12. The Kier molecular flexibility index (Phi) is 8.03. The van der Waals surface area contributed by atoms with Crippen LogP contribution in [0.3, 0.4) is 0 Å². The molecule has 0 amide bonds. The van der Waals surface area contributed by atoms with Gasteiger partial charge in [0.1, 0.15) is 24.4 Å². The molecule has 0 aromatic heterocycles. The Morgan fingerprint density at radius 2 is 1.85 bits per heavy atom. The van der Waals surface area contributed by atoms with Crippen molar-refractivity contribution in [2.45, 2.75) is 24.4 Å². The number of aliphatic hydroxyl groups is 4. The molecule has 1 fully saturated rings. The van der Waals surface area contributed by atoms with Crippen LogP contribution in [0.1, 0.15) is 0 Å². The lowest BCUT2D eigenvalue weighted by atomic mass is 10.0. The van der Waals surface area contributed by atoms with Gasteiger partial charge in [-0.1, -0.05) is 0 Å². The standard InChI is InChI=1S/C6H12O5.C4H11N5/c7-1-4-6(10)5(9)3(8)2-11-4;1-9(2)4(7)8-3(5)6/h3-10H,1-2H2;1-2H3,(H5,5,6,7,8)/t3-,4+,5+,6+;/m0./s1. The van der Waals surface area contributed by atoms with E-state index in [1.165, 1.54) is 0 Å². The van der Waals surface area contributed by atoms with Crippen LogP contribution in [-0.4, -0.2) is 89.0 Å². The molecule has 0 aromatic carbocycles. The van der Waals surface area contributed by atoms with Crippen LogP contribution in [0.25, 0.3) is 0 Å². The summed E-state index contributed by atoms with van der Waals surface area (Å²) in [7, 11) is 3.45. The van der Waals surface area contributed by atoms with Crippen LogP contribution in [0.2, 0.25) is 0 Å². The summed E-state index contributed by atoms with van der Waals surface area (Å²) in [5.41, 5.74) is 10.2. The predicted molar refractivity (Wildman–Crippen MR) is 72.1 cm³/mol. The predicted octanol–water partition coefficient (Wildman–Crippen LogP) is -3.78. The van der Waals surface area contributed by atoms with Gasteiger partial charge in [0, 0.05) is 14.1 Å². The van der Waals surface area contributed by atoms with Crippen LogP contribution < -0.4 is 11.5 Å². The van der Waals surface area contributed by atoms with Crippen molar-refractivity contribution in [2.24, 2.45) is 16.5 Å². The summed E-state index contributed by atoms with van der Waals surface area (Å²) in [4.78, 5) is 5.03. The molecule has 1 aliphatic rings. The van der Waals surface area contributed by atoms with E-state index in [9.17, 15) is 0 Å². The maximum Gasteiger partial charge on any atom is 0.215 e. The number of hydrogen-bond donors (Lipinski definition) is 7. The highest BCUT2D eigenvalue weighted by atomic mass is 16.5. The van der Waals surface area contributed by atoms with Gasteiger partial charge in [-0.25, -0.2) is 0 Å². The van der Waals surface area contributed by atoms with Gasteiger partial charge in [-0.2, -0.15) is 4.99 Å². The van der Waals surface area contributed by atoms with Gasteiger partial charge in [0.15, 0.2) is 5.96 Å². The Morgan fingerprint density at radius 3 is 2.20 bits per heavy atom. The van der Waals surface area contributed by atoms with E-state index in [1.54, 1.807) is 19.0 Å². The summed E-state index contributed by atoms with van der Waals surface area (Å²) in [6, 6.07) is 0. The van der Waals surface area contributed by atoms with E-state index < -0.39 is 24.4 Å². The van der Waals surface area contributed by atoms with Gasteiger partial charge in [-0.15, -0.1) is 0 Å². The fourth-order valence-electron chi connectivity index (χ4n) is 1.25. The van der Waals surface area contributed by atoms with Gasteiger partial charge in [0.2, 0.25) is 5.96 Å². The zero-order valence-corrected chi connectivity index (χ0v) is 11.5. The molecule has 0 spiro atoms. The normalized spacial score (nSPS) is 30.2. The van der Waals surface area contributed by atoms with Crippen LogP contribution in [-0.2, 0) is 4.74 Å². The number of rotatable bonds is 1. The largest absolute Gasteiger partial charge is 0.394 e. The lowest BCUT2D eigenvalue weighted by Gasteiger charge is -2.34. The minimum absolute atomic E-state index is 0.0521. The van der Waals surface area contributed by atoms with E-state index in [-0.39, 0.29) is 25.1 Å². The molecule has 10 nitrogen and oxygen atoms in total. The number of ether oxygens (including phenoxy) is 1. The Hall–Kier alpha value is -1.46. The number of nitrogens with two attached hydrogens (primary N) is 2. The first-order chi connectivity index (χ1) is 9.20. The van der Waals surface area contributed by atoms with Crippen molar-refractivity contribution in [3.63, 3.8) is 0 Å². The zero-order valence-electron chi connectivity index (χ0n) is 11.5. The Bertz CT molecular complexity index is 336. The number of aliphatic hydroxyl groups excluding tert-OH is 4. The van der Waals surface area contributed by atoms with Crippen molar-refractivity contribution in [2.75, 3.05) is 27.3 Å². The van der Waals surface area contributed by atoms with Gasteiger partial charge in [0.25, 0.3) is 0 Å². The van der Waals surface area contributed by atoms with Crippen molar-refractivity contribution >= 4 is 11.9 Å². The molecule has 1 heterocycles. The summed E-state index contributed by atoms with van der Waals surface area (Å²) in [6.45, 7) is -0.408. The summed E-state index contributed by atoms with van der Waals surface area (Å²) in [5.74, 6) is -0.0382. The van der Waals surface area contributed by atoms with Gasteiger partial charge in [0.05, 0.1) is 13.2 Å². The molecule has 1 aliphatic heterocycles. The van der Waals surface area contributed by atoms with Crippen molar-refractivity contribution in [1.82, 2.24) is 4.90 Å². The van der Waals surface area contributed by atoms with Crippen LogP contribution >= 0.6 is 0 Å². The third-order valence-electron chi connectivity index (χ3n) is 2.48. The molecule has 1 rings (SSSR count). The molecule has 20 heavy (non-hydrogen) atoms. The Balaban J connectivity index is 0.000000370. The lowest BCUT2D eigenvalue weighted by molar-refractivity contribution is -0.195. The van der Waals surface area contributed by atoms with Gasteiger partial charge < -0.3 is 41.5 Å². The molecule has 0 bridgehead atoms. The van der Waals surface area contributed by atoms with E-state index in [0.717, 1.165) is 0 Å². The highest BCUT2D eigenvalue weighted by molar-refractivity contribution is 5.91. The van der Waals surface area contributed by atoms with Crippen molar-refractivity contribution in [3.8, 4) is 0 Å². The Labute approximate surface area is 116 Å². The van der Waals surface area contributed by atoms with Gasteiger partial charge >= 0.3 is 0 Å². The molecule has 0 saturated carbocycles. The molecule has 4 atom stereocenters. The first-order valence-electron chi connectivity index (χ1n) is 5.82. The summed E-state index contributed by atoms with van der Waals surface area (Å²) in [6.07, 6.45) is -4.27. The molecule has 0 aromatic rings. The highest BCUT2D eigenvalue weighted by Gasteiger charge is 2.36. The number of guanidine groups is 2. The first-order valence-corrected chi connectivity index (χ1v) is 5.82. The summed E-state index contributed by atoms with van der Waals surface area (Å²) < 4.78 is 4.81. The molecule has 118 valence electrons. The fraction of sp³-hybridized carbons (Fsp3) is 0.800. The number of nitrogens with one attached hydrogen (secondary N) is 1. The quantitative estimate of drug-likeness (QED) is 0.190. The van der Waals surface area contributed by atoms with Gasteiger partial charge in [-0.05, 0) is 0 Å². The minimum atomic E-state index is -1.22. The van der Waals surface area contributed by atoms with Gasteiger partial charge in [-0.3, -0.25) is 5.41 Å². The molecular formula is C10H23N5O5. The molecule has 10 heteroatoms.